The highest BCUT2D eigenvalue weighted by molar-refractivity contribution is 5.81. The number of nitrogens with zero attached hydrogens (tertiary/aromatic N) is 4. The predicted molar refractivity (Wildman–Crippen MR) is 98.9 cm³/mol. The summed E-state index contributed by atoms with van der Waals surface area (Å²) >= 11 is 0. The monoisotopic (exact) mass is 384 g/mol. The summed E-state index contributed by atoms with van der Waals surface area (Å²) in [4.78, 5) is 42.0. The average Bonchev–Trinajstić information content (AvgIpc) is 3.03. The molecular formula is C18H18N5O5+. The number of carbonyl (C=O) groups excluding carboxylic acids is 1. The molecule has 28 heavy (non-hydrogen) atoms. The van der Waals surface area contributed by atoms with Crippen LogP contribution in [0, 0.1) is 10.1 Å². The van der Waals surface area contributed by atoms with Gasteiger partial charge in [0.1, 0.15) is 6.54 Å². The number of rotatable bonds is 4. The Balaban J connectivity index is 1.46. The van der Waals surface area contributed by atoms with Gasteiger partial charge in [0.05, 0.1) is 16.5 Å². The molecule has 1 fully saturated rings. The highest BCUT2D eigenvalue weighted by Crippen LogP contribution is 2.20. The maximum absolute atomic E-state index is 12.7. The first-order chi connectivity index (χ1) is 13.5. The number of amides is 1. The van der Waals surface area contributed by atoms with E-state index in [0.717, 1.165) is 5.69 Å². The molecule has 10 nitrogen and oxygen atoms in total. The molecule has 0 radical (unpaired) electrons. The van der Waals surface area contributed by atoms with E-state index >= 15 is 0 Å². The van der Waals surface area contributed by atoms with Crippen LogP contribution in [0.4, 0.5) is 11.4 Å². The van der Waals surface area contributed by atoms with Gasteiger partial charge in [-0.25, -0.2) is 9.78 Å². The van der Waals surface area contributed by atoms with Crippen molar-refractivity contribution < 1.29 is 19.1 Å². The smallest absolute Gasteiger partial charge is 0.407 e. The van der Waals surface area contributed by atoms with Crippen LogP contribution in [0.5, 0.6) is 0 Å². The molecule has 3 heterocycles. The third-order valence-corrected chi connectivity index (χ3v) is 4.85. The van der Waals surface area contributed by atoms with Crippen LogP contribution in [0.15, 0.2) is 51.9 Å². The van der Waals surface area contributed by atoms with E-state index in [1.807, 2.05) is 24.5 Å². The zero-order chi connectivity index (χ0) is 19.7. The largest absolute Gasteiger partial charge is 0.420 e. The zero-order valence-electron chi connectivity index (χ0n) is 14.9. The molecule has 0 bridgehead atoms. The lowest BCUT2D eigenvalue weighted by atomic mass is 10.2. The fraction of sp³-hybridized carbons (Fsp3) is 0.278. The highest BCUT2D eigenvalue weighted by Gasteiger charge is 2.23. The molecule has 3 aromatic rings. The fourth-order valence-electron chi connectivity index (χ4n) is 3.36. The Morgan fingerprint density at radius 1 is 1.14 bits per heavy atom. The first-order valence-electron chi connectivity index (χ1n) is 8.79. The van der Waals surface area contributed by atoms with Gasteiger partial charge in [0, 0.05) is 50.1 Å². The van der Waals surface area contributed by atoms with E-state index in [2.05, 4.69) is 9.88 Å². The van der Waals surface area contributed by atoms with Gasteiger partial charge in [-0.3, -0.25) is 19.5 Å². The second-order valence-electron chi connectivity index (χ2n) is 6.49. The number of nitro benzene ring substituents is 1. The molecule has 144 valence electrons. The lowest BCUT2D eigenvalue weighted by Gasteiger charge is -2.35. The molecule has 0 atom stereocenters. The van der Waals surface area contributed by atoms with Crippen molar-refractivity contribution in [2.45, 2.75) is 6.54 Å². The number of pyridine rings is 1. The summed E-state index contributed by atoms with van der Waals surface area (Å²) in [7, 11) is 0. The first kappa shape index (κ1) is 17.7. The van der Waals surface area contributed by atoms with Crippen molar-refractivity contribution in [1.82, 2.24) is 9.47 Å². The van der Waals surface area contributed by atoms with Gasteiger partial charge in [-0.05, 0) is 6.07 Å². The second kappa shape index (κ2) is 7.14. The molecule has 2 aromatic heterocycles. The fourth-order valence-corrected chi connectivity index (χ4v) is 3.36. The number of aromatic amines is 1. The Morgan fingerprint density at radius 3 is 2.54 bits per heavy atom. The summed E-state index contributed by atoms with van der Waals surface area (Å²) in [6.45, 7) is 2.33. The number of hydrogen-bond donors (Lipinski definition) is 0. The van der Waals surface area contributed by atoms with E-state index in [9.17, 15) is 19.7 Å². The van der Waals surface area contributed by atoms with Crippen molar-refractivity contribution in [2.75, 3.05) is 31.1 Å². The number of carbonyl (C=O) groups is 1. The van der Waals surface area contributed by atoms with Gasteiger partial charge in [0.25, 0.3) is 5.69 Å². The third-order valence-electron chi connectivity index (χ3n) is 4.85. The molecule has 4 rings (SSSR count). The van der Waals surface area contributed by atoms with Crippen molar-refractivity contribution in [3.63, 3.8) is 0 Å². The molecule has 1 N–H and O–H groups in total. The number of aromatic nitrogens is 2. The normalized spacial score (nSPS) is 14.4. The van der Waals surface area contributed by atoms with Crippen molar-refractivity contribution in [3.8, 4) is 0 Å². The minimum atomic E-state index is -0.706. The highest BCUT2D eigenvalue weighted by atomic mass is 16.6. The van der Waals surface area contributed by atoms with Crippen molar-refractivity contribution in [2.24, 2.45) is 0 Å². The molecule has 0 aliphatic carbocycles. The molecule has 1 aliphatic heterocycles. The summed E-state index contributed by atoms with van der Waals surface area (Å²) in [6, 6.07) is 7.86. The lowest BCUT2D eigenvalue weighted by Crippen LogP contribution is -2.50. The van der Waals surface area contributed by atoms with Gasteiger partial charge in [-0.2, -0.15) is 0 Å². The van der Waals surface area contributed by atoms with E-state index in [1.54, 1.807) is 4.90 Å². The Bertz CT molecular complexity index is 1080. The first-order valence-corrected chi connectivity index (χ1v) is 8.79. The van der Waals surface area contributed by atoms with Gasteiger partial charge in [-0.1, -0.05) is 0 Å². The zero-order valence-corrected chi connectivity index (χ0v) is 14.9. The van der Waals surface area contributed by atoms with Crippen LogP contribution in [0.3, 0.4) is 0 Å². The van der Waals surface area contributed by atoms with Gasteiger partial charge in [0.15, 0.2) is 18.0 Å². The minimum Gasteiger partial charge on any atom is -0.407 e. The van der Waals surface area contributed by atoms with E-state index < -0.39 is 10.7 Å². The summed E-state index contributed by atoms with van der Waals surface area (Å²) in [5.74, 6) is -0.896. The van der Waals surface area contributed by atoms with Crippen molar-refractivity contribution >= 4 is 28.4 Å². The molecule has 1 saturated heterocycles. The Morgan fingerprint density at radius 2 is 1.86 bits per heavy atom. The number of piperazine rings is 1. The number of oxazole rings is 1. The number of nitro groups is 1. The molecule has 1 amide bonds. The SMILES string of the molecule is O=C(Cn1c(=O)oc2cc([N+](=O)[O-])ccc21)N1CCN(c2cc[nH+]cc2)CC1. The van der Waals surface area contributed by atoms with Crippen molar-refractivity contribution in [3.05, 3.63) is 63.4 Å². The number of benzene rings is 1. The molecule has 0 spiro atoms. The van der Waals surface area contributed by atoms with Crippen LogP contribution in [-0.4, -0.2) is 46.5 Å². The molecule has 0 unspecified atom stereocenters. The van der Waals surface area contributed by atoms with Crippen LogP contribution in [0.1, 0.15) is 0 Å². The summed E-state index contributed by atoms with van der Waals surface area (Å²) in [5.41, 5.74) is 1.37. The molecular weight excluding hydrogens is 366 g/mol. The number of anilines is 1. The Kier molecular flexibility index (Phi) is 4.52. The van der Waals surface area contributed by atoms with E-state index in [1.165, 1.54) is 22.8 Å². The number of H-pyrrole nitrogens is 1. The van der Waals surface area contributed by atoms with Crippen molar-refractivity contribution in [1.29, 1.82) is 0 Å². The Hall–Kier alpha value is -3.69. The second-order valence-corrected chi connectivity index (χ2v) is 6.49. The Labute approximate surface area is 158 Å². The van der Waals surface area contributed by atoms with Gasteiger partial charge in [-0.15, -0.1) is 0 Å². The lowest BCUT2D eigenvalue weighted by molar-refractivity contribution is -0.384. The van der Waals surface area contributed by atoms with Gasteiger partial charge >= 0.3 is 5.76 Å². The topological polar surface area (TPSA) is 116 Å². The number of non-ortho nitro benzene ring substituents is 1. The van der Waals surface area contributed by atoms with E-state index in [-0.39, 0.29) is 23.7 Å². The number of hydrogen-bond acceptors (Lipinski definition) is 6. The molecule has 10 heteroatoms. The maximum atomic E-state index is 12.7. The molecule has 1 aromatic carbocycles. The van der Waals surface area contributed by atoms with Crippen LogP contribution in [0.2, 0.25) is 0 Å². The van der Waals surface area contributed by atoms with E-state index in [0.29, 0.717) is 31.7 Å². The third kappa shape index (κ3) is 3.31. The summed E-state index contributed by atoms with van der Waals surface area (Å²) < 4.78 is 6.28. The quantitative estimate of drug-likeness (QED) is 0.482. The molecule has 0 saturated carbocycles. The minimum absolute atomic E-state index is 0.0951. The van der Waals surface area contributed by atoms with Crippen LogP contribution in [-0.2, 0) is 11.3 Å². The average molecular weight is 384 g/mol. The standard InChI is InChI=1S/C18H17N5O5/c24-17(21-9-7-20(8-10-21)13-3-5-19-6-4-13)12-22-15-2-1-14(23(26)27)11-16(15)28-18(22)25/h1-6,11H,7-10,12H2/p+1. The van der Waals surface area contributed by atoms with Crippen LogP contribution >= 0.6 is 0 Å². The van der Waals surface area contributed by atoms with Gasteiger partial charge in [0.2, 0.25) is 5.91 Å². The number of nitrogens with one attached hydrogen (secondary N) is 1. The van der Waals surface area contributed by atoms with Crippen LogP contribution in [0.25, 0.3) is 11.1 Å². The molecule has 1 aliphatic rings. The summed E-state index contributed by atoms with van der Waals surface area (Å²) in [6.07, 6.45) is 3.71. The maximum Gasteiger partial charge on any atom is 0.420 e. The van der Waals surface area contributed by atoms with Crippen LogP contribution < -0.4 is 15.6 Å². The van der Waals surface area contributed by atoms with Gasteiger partial charge < -0.3 is 14.2 Å². The van der Waals surface area contributed by atoms with E-state index in [4.69, 9.17) is 4.42 Å². The predicted octanol–water partition coefficient (Wildman–Crippen LogP) is 0.666. The summed E-state index contributed by atoms with van der Waals surface area (Å²) in [5, 5.41) is 10.9. The number of fused-ring (bicyclic) bond motifs is 1.